The lowest BCUT2D eigenvalue weighted by atomic mass is 10.0. The molecule has 0 spiro atoms. The van der Waals surface area contributed by atoms with Crippen LogP contribution in [0.4, 0.5) is 5.82 Å². The number of hydrogen-bond donors (Lipinski definition) is 3. The molecular formula is C21H24N4O. The molecule has 5 nitrogen and oxygen atoms in total. The molecule has 4 aromatic rings. The van der Waals surface area contributed by atoms with Crippen molar-refractivity contribution in [3.05, 3.63) is 42.1 Å². The Morgan fingerprint density at radius 2 is 1.85 bits per heavy atom. The Kier molecular flexibility index (Phi) is 4.17. The van der Waals surface area contributed by atoms with Crippen LogP contribution in [0.2, 0.25) is 0 Å². The predicted molar refractivity (Wildman–Crippen MR) is 109 cm³/mol. The smallest absolute Gasteiger partial charge is 0.136 e. The Bertz CT molecular complexity index is 1110. The van der Waals surface area contributed by atoms with Crippen LogP contribution in [0.25, 0.3) is 32.6 Å². The Balaban J connectivity index is 2.00. The SMILES string of the molecule is CNCCCNc1ncc(C)c2c1c1ccc3c(O)cccc3c1n2C. The van der Waals surface area contributed by atoms with E-state index < -0.39 is 0 Å². The van der Waals surface area contributed by atoms with Crippen LogP contribution >= 0.6 is 0 Å². The average Bonchev–Trinajstić information content (AvgIpc) is 2.95. The van der Waals surface area contributed by atoms with Gasteiger partial charge in [0.15, 0.2) is 0 Å². The first-order chi connectivity index (χ1) is 12.6. The molecule has 0 fully saturated rings. The van der Waals surface area contributed by atoms with Crippen LogP contribution in [0.5, 0.6) is 5.75 Å². The summed E-state index contributed by atoms with van der Waals surface area (Å²) in [5.74, 6) is 1.24. The van der Waals surface area contributed by atoms with Crippen LogP contribution in [0, 0.1) is 6.92 Å². The Morgan fingerprint density at radius 1 is 1.04 bits per heavy atom. The number of benzene rings is 2. The lowest BCUT2D eigenvalue weighted by Gasteiger charge is -2.09. The molecule has 26 heavy (non-hydrogen) atoms. The maximum absolute atomic E-state index is 10.2. The first-order valence-electron chi connectivity index (χ1n) is 9.00. The summed E-state index contributed by atoms with van der Waals surface area (Å²) in [4.78, 5) is 4.67. The molecule has 0 amide bonds. The van der Waals surface area contributed by atoms with Crippen molar-refractivity contribution < 1.29 is 5.11 Å². The molecule has 4 rings (SSSR count). The molecule has 0 bridgehead atoms. The maximum Gasteiger partial charge on any atom is 0.136 e. The minimum Gasteiger partial charge on any atom is -0.507 e. The summed E-state index contributed by atoms with van der Waals surface area (Å²) < 4.78 is 2.22. The number of aromatic hydroxyl groups is 1. The van der Waals surface area contributed by atoms with Crippen molar-refractivity contribution in [1.82, 2.24) is 14.9 Å². The molecule has 3 N–H and O–H groups in total. The predicted octanol–water partition coefficient (Wildman–Crippen LogP) is 3.92. The second-order valence-electron chi connectivity index (χ2n) is 6.79. The molecule has 5 heteroatoms. The third kappa shape index (κ3) is 2.47. The first kappa shape index (κ1) is 16.7. The number of phenolic OH excluding ortho intramolecular Hbond substituents is 1. The van der Waals surface area contributed by atoms with Gasteiger partial charge in [0.1, 0.15) is 11.6 Å². The summed E-state index contributed by atoms with van der Waals surface area (Å²) in [6.07, 6.45) is 2.97. The number of aryl methyl sites for hydroxylation is 2. The summed E-state index contributed by atoms with van der Waals surface area (Å²) in [7, 11) is 4.06. The molecule has 0 radical (unpaired) electrons. The van der Waals surface area contributed by atoms with Crippen LogP contribution in [-0.4, -0.2) is 34.8 Å². The minimum absolute atomic E-state index is 0.315. The van der Waals surface area contributed by atoms with Gasteiger partial charge in [0.25, 0.3) is 0 Å². The number of pyridine rings is 1. The fourth-order valence-corrected chi connectivity index (χ4v) is 3.89. The summed E-state index contributed by atoms with van der Waals surface area (Å²) in [5, 5.41) is 21.1. The van der Waals surface area contributed by atoms with Crippen molar-refractivity contribution in [3.8, 4) is 5.75 Å². The van der Waals surface area contributed by atoms with E-state index in [1.54, 1.807) is 6.07 Å². The first-order valence-corrected chi connectivity index (χ1v) is 9.00. The van der Waals surface area contributed by atoms with Gasteiger partial charge in [-0.25, -0.2) is 4.98 Å². The van der Waals surface area contributed by atoms with Crippen molar-refractivity contribution in [1.29, 1.82) is 0 Å². The van der Waals surface area contributed by atoms with Crippen molar-refractivity contribution in [2.45, 2.75) is 13.3 Å². The molecule has 0 aliphatic carbocycles. The molecule has 2 aromatic heterocycles. The highest BCUT2D eigenvalue weighted by molar-refractivity contribution is 6.21. The van der Waals surface area contributed by atoms with Gasteiger partial charge in [-0.05, 0) is 44.6 Å². The Labute approximate surface area is 152 Å². The van der Waals surface area contributed by atoms with Crippen molar-refractivity contribution in [2.24, 2.45) is 7.05 Å². The molecule has 0 aliphatic rings. The van der Waals surface area contributed by atoms with Crippen LogP contribution in [0.1, 0.15) is 12.0 Å². The van der Waals surface area contributed by atoms with E-state index in [1.807, 2.05) is 25.4 Å². The fourth-order valence-electron chi connectivity index (χ4n) is 3.89. The van der Waals surface area contributed by atoms with Gasteiger partial charge in [-0.3, -0.25) is 0 Å². The number of nitrogens with one attached hydrogen (secondary N) is 2. The van der Waals surface area contributed by atoms with Gasteiger partial charge < -0.3 is 20.3 Å². The highest BCUT2D eigenvalue weighted by atomic mass is 16.3. The van der Waals surface area contributed by atoms with Gasteiger partial charge in [-0.2, -0.15) is 0 Å². The molecule has 2 heterocycles. The van der Waals surface area contributed by atoms with Gasteiger partial charge in [-0.15, -0.1) is 0 Å². The number of rotatable bonds is 5. The zero-order chi connectivity index (χ0) is 18.3. The summed E-state index contributed by atoms with van der Waals surface area (Å²) >= 11 is 0. The number of fused-ring (bicyclic) bond motifs is 5. The maximum atomic E-state index is 10.2. The van der Waals surface area contributed by atoms with E-state index in [0.717, 1.165) is 58.0 Å². The van der Waals surface area contributed by atoms with E-state index in [-0.39, 0.29) is 0 Å². The highest BCUT2D eigenvalue weighted by Gasteiger charge is 2.17. The van der Waals surface area contributed by atoms with E-state index in [2.05, 4.69) is 46.3 Å². The van der Waals surface area contributed by atoms with Crippen molar-refractivity contribution in [3.63, 3.8) is 0 Å². The molecule has 0 saturated carbocycles. The number of hydrogen-bond acceptors (Lipinski definition) is 4. The third-order valence-corrected chi connectivity index (χ3v) is 5.08. The van der Waals surface area contributed by atoms with Gasteiger partial charge in [-0.1, -0.05) is 18.2 Å². The molecule has 0 atom stereocenters. The van der Waals surface area contributed by atoms with Crippen LogP contribution in [-0.2, 0) is 7.05 Å². The van der Waals surface area contributed by atoms with E-state index in [1.165, 1.54) is 5.52 Å². The highest BCUT2D eigenvalue weighted by Crippen LogP contribution is 2.39. The third-order valence-electron chi connectivity index (χ3n) is 5.08. The fraction of sp³-hybridized carbons (Fsp3) is 0.286. The molecule has 134 valence electrons. The average molecular weight is 348 g/mol. The van der Waals surface area contributed by atoms with E-state index in [9.17, 15) is 5.11 Å². The number of phenols is 1. The number of anilines is 1. The second-order valence-corrected chi connectivity index (χ2v) is 6.79. The topological polar surface area (TPSA) is 62.1 Å². The van der Waals surface area contributed by atoms with Gasteiger partial charge in [0, 0.05) is 35.9 Å². The summed E-state index contributed by atoms with van der Waals surface area (Å²) in [5.41, 5.74) is 3.46. The molecule has 0 aliphatic heterocycles. The Hall–Kier alpha value is -2.79. The van der Waals surface area contributed by atoms with Gasteiger partial charge in [0.05, 0.1) is 16.4 Å². The van der Waals surface area contributed by atoms with Crippen molar-refractivity contribution >= 4 is 38.4 Å². The van der Waals surface area contributed by atoms with Gasteiger partial charge >= 0.3 is 0 Å². The lowest BCUT2D eigenvalue weighted by molar-refractivity contribution is 0.481. The molecule has 0 unspecified atom stereocenters. The Morgan fingerprint density at radius 3 is 2.65 bits per heavy atom. The van der Waals surface area contributed by atoms with Gasteiger partial charge in [0.2, 0.25) is 0 Å². The summed E-state index contributed by atoms with van der Waals surface area (Å²) in [6, 6.07) is 9.80. The summed E-state index contributed by atoms with van der Waals surface area (Å²) in [6.45, 7) is 3.94. The molecular weight excluding hydrogens is 324 g/mol. The van der Waals surface area contributed by atoms with E-state index >= 15 is 0 Å². The zero-order valence-electron chi connectivity index (χ0n) is 15.4. The standard InChI is InChI=1S/C21H24N4O/c1-13-12-24-21(23-11-5-10-22-2)18-16-9-8-14-15(6-4-7-17(14)26)20(16)25(3)19(13)18/h4,6-9,12,22,26H,5,10-11H2,1-3H3,(H,23,24). The van der Waals surface area contributed by atoms with Crippen molar-refractivity contribution in [2.75, 3.05) is 25.5 Å². The van der Waals surface area contributed by atoms with E-state index in [4.69, 9.17) is 0 Å². The quantitative estimate of drug-likeness (QED) is 0.479. The largest absolute Gasteiger partial charge is 0.507 e. The normalized spacial score (nSPS) is 11.7. The second kappa shape index (κ2) is 6.50. The lowest BCUT2D eigenvalue weighted by Crippen LogP contribution is -2.13. The van der Waals surface area contributed by atoms with Crippen LogP contribution in [0.3, 0.4) is 0 Å². The monoisotopic (exact) mass is 348 g/mol. The number of nitrogens with zero attached hydrogens (tertiary/aromatic N) is 2. The van der Waals surface area contributed by atoms with Crippen LogP contribution in [0.15, 0.2) is 36.5 Å². The molecule has 0 saturated heterocycles. The minimum atomic E-state index is 0.315. The number of aromatic nitrogens is 2. The van der Waals surface area contributed by atoms with E-state index in [0.29, 0.717) is 5.75 Å². The zero-order valence-corrected chi connectivity index (χ0v) is 15.4. The molecule has 2 aromatic carbocycles. The van der Waals surface area contributed by atoms with Crippen LogP contribution < -0.4 is 10.6 Å².